The molecule has 20 heavy (non-hydrogen) atoms. The van der Waals surface area contributed by atoms with Gasteiger partial charge >= 0.3 is 0 Å². The van der Waals surface area contributed by atoms with Gasteiger partial charge in [-0.25, -0.2) is 0 Å². The van der Waals surface area contributed by atoms with E-state index in [0.29, 0.717) is 24.2 Å². The van der Waals surface area contributed by atoms with Crippen molar-refractivity contribution in [2.75, 3.05) is 20.1 Å². The molecule has 0 saturated heterocycles. The Labute approximate surface area is 126 Å². The Bertz CT molecular complexity index is 487. The van der Waals surface area contributed by atoms with Crippen LogP contribution >= 0.6 is 12.4 Å². The average Bonchev–Trinajstić information content (AvgIpc) is 2.37. The van der Waals surface area contributed by atoms with E-state index < -0.39 is 0 Å². The van der Waals surface area contributed by atoms with Crippen LogP contribution in [-0.4, -0.2) is 36.7 Å². The first kappa shape index (κ1) is 18.6. The number of amides is 1. The lowest BCUT2D eigenvalue weighted by atomic mass is 9.93. The Hall–Kier alpha value is -1.39. The fourth-order valence-corrected chi connectivity index (χ4v) is 1.96. The van der Waals surface area contributed by atoms with Gasteiger partial charge in [0, 0.05) is 19.2 Å². The molecule has 0 aliphatic heterocycles. The number of ketones is 1. The summed E-state index contributed by atoms with van der Waals surface area (Å²) in [4.78, 5) is 25.6. The molecule has 112 valence electrons. The maximum Gasteiger partial charge on any atom is 0.254 e. The summed E-state index contributed by atoms with van der Waals surface area (Å²) in [6, 6.07) is 6.89. The molecule has 0 atom stereocenters. The van der Waals surface area contributed by atoms with Crippen molar-refractivity contribution in [3.05, 3.63) is 35.4 Å². The number of nitrogens with two attached hydrogens (primary N) is 1. The normalized spacial score (nSPS) is 10.7. The van der Waals surface area contributed by atoms with Crippen LogP contribution in [0.2, 0.25) is 0 Å². The fourth-order valence-electron chi connectivity index (χ4n) is 1.96. The number of hydrogen-bond acceptors (Lipinski definition) is 3. The highest BCUT2D eigenvalue weighted by Crippen LogP contribution is 2.17. The number of carbonyl (C=O) groups is 2. The molecule has 0 radical (unpaired) electrons. The Balaban J connectivity index is 0.00000361. The second-order valence-electron chi connectivity index (χ2n) is 5.63. The molecule has 0 bridgehead atoms. The highest BCUT2D eigenvalue weighted by atomic mass is 35.5. The molecular formula is C15H23ClN2O2. The number of halogens is 1. The first-order chi connectivity index (χ1) is 8.78. The SMILES string of the molecule is CC(=O)c1ccccc1C(=O)N(C)CC(C)(C)CN.Cl. The van der Waals surface area contributed by atoms with Gasteiger partial charge < -0.3 is 10.6 Å². The summed E-state index contributed by atoms with van der Waals surface area (Å²) >= 11 is 0. The van der Waals surface area contributed by atoms with Crippen molar-refractivity contribution in [2.45, 2.75) is 20.8 Å². The van der Waals surface area contributed by atoms with E-state index in [4.69, 9.17) is 5.73 Å². The van der Waals surface area contributed by atoms with Gasteiger partial charge in [-0.2, -0.15) is 0 Å². The summed E-state index contributed by atoms with van der Waals surface area (Å²) in [7, 11) is 1.73. The first-order valence-corrected chi connectivity index (χ1v) is 6.34. The lowest BCUT2D eigenvalue weighted by Gasteiger charge is -2.29. The van der Waals surface area contributed by atoms with Crippen LogP contribution in [0.25, 0.3) is 0 Å². The Morgan fingerprint density at radius 3 is 2.15 bits per heavy atom. The molecule has 0 aliphatic rings. The molecule has 1 aromatic carbocycles. The zero-order valence-electron chi connectivity index (χ0n) is 12.5. The summed E-state index contributed by atoms with van der Waals surface area (Å²) in [6.07, 6.45) is 0. The molecule has 5 heteroatoms. The first-order valence-electron chi connectivity index (χ1n) is 6.34. The van der Waals surface area contributed by atoms with E-state index in [2.05, 4.69) is 0 Å². The van der Waals surface area contributed by atoms with Crippen molar-refractivity contribution in [1.29, 1.82) is 0 Å². The maximum absolute atomic E-state index is 12.4. The molecule has 0 spiro atoms. The largest absolute Gasteiger partial charge is 0.341 e. The fraction of sp³-hybridized carbons (Fsp3) is 0.467. The van der Waals surface area contributed by atoms with E-state index >= 15 is 0 Å². The van der Waals surface area contributed by atoms with Crippen LogP contribution in [0.1, 0.15) is 41.5 Å². The summed E-state index contributed by atoms with van der Waals surface area (Å²) in [5, 5.41) is 0. The van der Waals surface area contributed by atoms with Crippen molar-refractivity contribution in [3.8, 4) is 0 Å². The van der Waals surface area contributed by atoms with Crippen LogP contribution in [0.15, 0.2) is 24.3 Å². The number of carbonyl (C=O) groups excluding carboxylic acids is 2. The third-order valence-corrected chi connectivity index (χ3v) is 3.10. The minimum Gasteiger partial charge on any atom is -0.341 e. The van der Waals surface area contributed by atoms with Crippen LogP contribution in [0.4, 0.5) is 0 Å². The lowest BCUT2D eigenvalue weighted by Crippen LogP contribution is -2.40. The number of rotatable bonds is 5. The predicted octanol–water partition coefficient (Wildman–Crippen LogP) is 2.37. The van der Waals surface area contributed by atoms with Crippen molar-refractivity contribution < 1.29 is 9.59 Å². The second-order valence-corrected chi connectivity index (χ2v) is 5.63. The average molecular weight is 299 g/mol. The number of Topliss-reactive ketones (excluding diaryl/α,β-unsaturated/α-hetero) is 1. The van der Waals surface area contributed by atoms with Gasteiger partial charge in [-0.15, -0.1) is 12.4 Å². The van der Waals surface area contributed by atoms with Crippen LogP contribution in [0.3, 0.4) is 0 Å². The van der Waals surface area contributed by atoms with Gasteiger partial charge in [0.05, 0.1) is 5.56 Å². The summed E-state index contributed by atoms with van der Waals surface area (Å²) < 4.78 is 0. The molecule has 1 amide bonds. The Morgan fingerprint density at radius 1 is 1.20 bits per heavy atom. The van der Waals surface area contributed by atoms with E-state index in [0.717, 1.165) is 0 Å². The third kappa shape index (κ3) is 4.62. The number of benzene rings is 1. The summed E-state index contributed by atoms with van der Waals surface area (Å²) in [5.41, 5.74) is 6.45. The van der Waals surface area contributed by atoms with Crippen LogP contribution in [0, 0.1) is 5.41 Å². The monoisotopic (exact) mass is 298 g/mol. The summed E-state index contributed by atoms with van der Waals surface area (Å²) in [5.74, 6) is -0.247. The zero-order chi connectivity index (χ0) is 14.6. The van der Waals surface area contributed by atoms with Crippen LogP contribution in [-0.2, 0) is 0 Å². The van der Waals surface area contributed by atoms with Gasteiger partial charge in [0.2, 0.25) is 0 Å². The third-order valence-electron chi connectivity index (χ3n) is 3.10. The molecule has 1 rings (SSSR count). The van der Waals surface area contributed by atoms with E-state index in [1.807, 2.05) is 13.8 Å². The molecule has 0 saturated carbocycles. The van der Waals surface area contributed by atoms with Crippen LogP contribution in [0.5, 0.6) is 0 Å². The van der Waals surface area contributed by atoms with Crippen molar-refractivity contribution in [1.82, 2.24) is 4.90 Å². The minimum atomic E-state index is -0.146. The Kier molecular flexibility index (Phi) is 6.89. The van der Waals surface area contributed by atoms with Gasteiger partial charge in [0.1, 0.15) is 0 Å². The van der Waals surface area contributed by atoms with Crippen molar-refractivity contribution in [2.24, 2.45) is 11.1 Å². The lowest BCUT2D eigenvalue weighted by molar-refractivity contribution is 0.0736. The minimum absolute atomic E-state index is 0. The van der Waals surface area contributed by atoms with Gasteiger partial charge in [-0.3, -0.25) is 9.59 Å². The molecule has 1 aromatic rings. The molecule has 0 fully saturated rings. The highest BCUT2D eigenvalue weighted by molar-refractivity contribution is 6.07. The van der Waals surface area contributed by atoms with E-state index in [9.17, 15) is 9.59 Å². The molecule has 4 nitrogen and oxygen atoms in total. The van der Waals surface area contributed by atoms with Crippen molar-refractivity contribution in [3.63, 3.8) is 0 Å². The Morgan fingerprint density at radius 2 is 1.70 bits per heavy atom. The summed E-state index contributed by atoms with van der Waals surface area (Å²) in [6.45, 7) is 6.53. The van der Waals surface area contributed by atoms with Gasteiger partial charge in [0.25, 0.3) is 5.91 Å². The maximum atomic E-state index is 12.4. The van der Waals surface area contributed by atoms with Gasteiger partial charge in [-0.1, -0.05) is 32.0 Å². The number of nitrogens with zero attached hydrogens (tertiary/aromatic N) is 1. The second kappa shape index (κ2) is 7.41. The van der Waals surface area contributed by atoms with E-state index in [1.165, 1.54) is 6.92 Å². The molecule has 0 heterocycles. The van der Waals surface area contributed by atoms with E-state index in [-0.39, 0.29) is 29.5 Å². The standard InChI is InChI=1S/C15H22N2O2.ClH/c1-11(18)12-7-5-6-8-13(12)14(19)17(4)10-15(2,3)9-16;/h5-8H,9-10,16H2,1-4H3;1H. The molecule has 0 aromatic heterocycles. The van der Waals surface area contributed by atoms with Gasteiger partial charge in [0.15, 0.2) is 5.78 Å². The molecule has 0 unspecified atom stereocenters. The highest BCUT2D eigenvalue weighted by Gasteiger charge is 2.23. The molecule has 2 N–H and O–H groups in total. The van der Waals surface area contributed by atoms with Crippen LogP contribution < -0.4 is 5.73 Å². The zero-order valence-corrected chi connectivity index (χ0v) is 13.3. The molecule has 0 aliphatic carbocycles. The smallest absolute Gasteiger partial charge is 0.254 e. The van der Waals surface area contributed by atoms with Crippen molar-refractivity contribution >= 4 is 24.1 Å². The number of hydrogen-bond donors (Lipinski definition) is 1. The quantitative estimate of drug-likeness (QED) is 0.849. The van der Waals surface area contributed by atoms with Gasteiger partial charge in [-0.05, 0) is 24.9 Å². The molecular weight excluding hydrogens is 276 g/mol. The van der Waals surface area contributed by atoms with E-state index in [1.54, 1.807) is 36.2 Å². The predicted molar refractivity (Wildman–Crippen MR) is 83.5 cm³/mol. The topological polar surface area (TPSA) is 63.4 Å².